The van der Waals surface area contributed by atoms with Gasteiger partial charge in [0.1, 0.15) is 4.88 Å². The quantitative estimate of drug-likeness (QED) is 0.608. The lowest BCUT2D eigenvalue weighted by atomic mass is 10.2. The largest absolute Gasteiger partial charge is 0.464 e. The van der Waals surface area contributed by atoms with Gasteiger partial charge in [0.25, 0.3) is 0 Å². The molecule has 1 heterocycles. The number of Topliss-reactive ketones (excluding diaryl/α,β-unsaturated/α-hetero) is 1. The summed E-state index contributed by atoms with van der Waals surface area (Å²) in [6, 6.07) is 0. The van der Waals surface area contributed by atoms with Gasteiger partial charge in [-0.3, -0.25) is 4.79 Å². The Morgan fingerprint density at radius 3 is 2.63 bits per heavy atom. The Labute approximate surface area is 116 Å². The number of rotatable bonds is 7. The van der Waals surface area contributed by atoms with Gasteiger partial charge >= 0.3 is 5.97 Å². The van der Waals surface area contributed by atoms with E-state index in [4.69, 9.17) is 4.74 Å². The van der Waals surface area contributed by atoms with Crippen molar-refractivity contribution in [1.29, 1.82) is 0 Å². The van der Waals surface area contributed by atoms with Crippen LogP contribution in [0.4, 0.5) is 5.13 Å². The van der Waals surface area contributed by atoms with E-state index in [0.29, 0.717) is 29.1 Å². The van der Waals surface area contributed by atoms with Crippen LogP contribution < -0.4 is 5.32 Å². The van der Waals surface area contributed by atoms with Gasteiger partial charge in [-0.15, -0.1) is 0 Å². The highest BCUT2D eigenvalue weighted by atomic mass is 32.1. The van der Waals surface area contributed by atoms with Crippen LogP contribution in [0, 0.1) is 5.92 Å². The van der Waals surface area contributed by atoms with E-state index in [9.17, 15) is 9.59 Å². The lowest BCUT2D eigenvalue weighted by molar-refractivity contribution is 0.0591. The summed E-state index contributed by atoms with van der Waals surface area (Å²) in [6.07, 6.45) is 0. The molecule has 1 unspecified atom stereocenters. The van der Waals surface area contributed by atoms with Crippen LogP contribution in [0.25, 0.3) is 0 Å². The van der Waals surface area contributed by atoms with Gasteiger partial charge in [-0.25, -0.2) is 9.78 Å². The summed E-state index contributed by atoms with van der Waals surface area (Å²) in [7, 11) is 2.91. The average Bonchev–Trinajstić information content (AvgIpc) is 2.80. The first kappa shape index (κ1) is 15.6. The first-order valence-electron chi connectivity index (χ1n) is 5.82. The second-order valence-corrected chi connectivity index (χ2v) is 5.19. The molecular weight excluding hydrogens is 268 g/mol. The number of hydrogen-bond donors (Lipinski definition) is 1. The number of ketones is 1. The zero-order valence-corrected chi connectivity index (χ0v) is 12.3. The molecule has 6 nitrogen and oxygen atoms in total. The summed E-state index contributed by atoms with van der Waals surface area (Å²) in [5, 5.41) is 3.63. The van der Waals surface area contributed by atoms with Gasteiger partial charge in [0.2, 0.25) is 0 Å². The van der Waals surface area contributed by atoms with Gasteiger partial charge in [-0.1, -0.05) is 18.3 Å². The van der Waals surface area contributed by atoms with Crippen molar-refractivity contribution < 1.29 is 19.1 Å². The van der Waals surface area contributed by atoms with Gasteiger partial charge in [0, 0.05) is 20.6 Å². The minimum Gasteiger partial charge on any atom is -0.464 e. The van der Waals surface area contributed by atoms with E-state index in [1.807, 2.05) is 6.92 Å². The van der Waals surface area contributed by atoms with Crippen LogP contribution in [0.1, 0.15) is 34.0 Å². The van der Waals surface area contributed by atoms with E-state index in [0.717, 1.165) is 11.3 Å². The Morgan fingerprint density at radius 1 is 1.42 bits per heavy atom. The summed E-state index contributed by atoms with van der Waals surface area (Å²) < 4.78 is 9.64. The molecule has 0 aliphatic rings. The van der Waals surface area contributed by atoms with Crippen molar-refractivity contribution in [2.75, 3.05) is 32.7 Å². The van der Waals surface area contributed by atoms with Crippen LogP contribution in [0.5, 0.6) is 0 Å². The Bertz CT molecular complexity index is 459. The molecule has 0 fully saturated rings. The number of nitrogens with zero attached hydrogens (tertiary/aromatic N) is 1. The molecule has 7 heteroatoms. The van der Waals surface area contributed by atoms with Crippen molar-refractivity contribution in [3.05, 3.63) is 10.6 Å². The fraction of sp³-hybridized carbons (Fsp3) is 0.583. The minimum absolute atomic E-state index is 0.0712. The summed E-state index contributed by atoms with van der Waals surface area (Å²) >= 11 is 1.16. The molecule has 1 N–H and O–H groups in total. The molecule has 0 saturated heterocycles. The number of methoxy groups -OCH3 is 2. The molecule has 0 amide bonds. The SMILES string of the molecule is COCC(C)CNc1nc(C(=O)OC)c(C(C)=O)s1. The van der Waals surface area contributed by atoms with Crippen LogP contribution in [0.15, 0.2) is 0 Å². The maximum Gasteiger partial charge on any atom is 0.358 e. The Balaban J connectivity index is 2.80. The summed E-state index contributed by atoms with van der Waals surface area (Å²) in [4.78, 5) is 27.4. The number of aromatic nitrogens is 1. The normalized spacial score (nSPS) is 12.0. The number of thiazole rings is 1. The molecular formula is C12H18N2O4S. The van der Waals surface area contributed by atoms with Crippen LogP contribution >= 0.6 is 11.3 Å². The highest BCUT2D eigenvalue weighted by Gasteiger charge is 2.21. The highest BCUT2D eigenvalue weighted by Crippen LogP contribution is 2.24. The molecule has 0 saturated carbocycles. The lowest BCUT2D eigenvalue weighted by Crippen LogP contribution is -2.15. The third kappa shape index (κ3) is 4.29. The summed E-state index contributed by atoms with van der Waals surface area (Å²) in [5.74, 6) is -0.494. The number of anilines is 1. The maximum atomic E-state index is 11.5. The molecule has 0 aliphatic carbocycles. The standard InChI is InChI=1S/C12H18N2O4S/c1-7(6-17-3)5-13-12-14-9(11(16)18-4)10(19-12)8(2)15/h7H,5-6H2,1-4H3,(H,13,14). The third-order valence-electron chi connectivity index (χ3n) is 2.38. The van der Waals surface area contributed by atoms with E-state index >= 15 is 0 Å². The topological polar surface area (TPSA) is 77.5 Å². The zero-order valence-electron chi connectivity index (χ0n) is 11.5. The number of ether oxygens (including phenoxy) is 2. The van der Waals surface area contributed by atoms with Gasteiger partial charge in [-0.2, -0.15) is 0 Å². The van der Waals surface area contributed by atoms with Crippen LogP contribution in [0.2, 0.25) is 0 Å². The fourth-order valence-electron chi connectivity index (χ4n) is 1.47. The molecule has 1 atom stereocenters. The molecule has 1 aromatic rings. The zero-order chi connectivity index (χ0) is 14.4. The second-order valence-electron chi connectivity index (χ2n) is 4.19. The lowest BCUT2D eigenvalue weighted by Gasteiger charge is -2.09. The van der Waals surface area contributed by atoms with Crippen LogP contribution in [-0.2, 0) is 9.47 Å². The first-order chi connectivity index (χ1) is 8.99. The van der Waals surface area contributed by atoms with Crippen molar-refractivity contribution in [1.82, 2.24) is 4.98 Å². The fourth-order valence-corrected chi connectivity index (χ4v) is 2.33. The number of carbonyl (C=O) groups excluding carboxylic acids is 2. The van der Waals surface area contributed by atoms with Crippen molar-refractivity contribution in [2.45, 2.75) is 13.8 Å². The minimum atomic E-state index is -0.598. The Morgan fingerprint density at radius 2 is 2.11 bits per heavy atom. The van der Waals surface area contributed by atoms with E-state index < -0.39 is 5.97 Å². The predicted molar refractivity (Wildman–Crippen MR) is 73.0 cm³/mol. The van der Waals surface area contributed by atoms with Gasteiger partial charge in [-0.05, 0) is 5.92 Å². The van der Waals surface area contributed by atoms with Crippen LogP contribution in [0.3, 0.4) is 0 Å². The Hall–Kier alpha value is -1.47. The van der Waals surface area contributed by atoms with Crippen LogP contribution in [-0.4, -0.2) is 44.1 Å². The molecule has 0 aliphatic heterocycles. The smallest absolute Gasteiger partial charge is 0.358 e. The van der Waals surface area contributed by atoms with Gasteiger partial charge < -0.3 is 14.8 Å². The van der Waals surface area contributed by atoms with E-state index in [2.05, 4.69) is 15.0 Å². The van der Waals surface area contributed by atoms with E-state index in [1.165, 1.54) is 14.0 Å². The van der Waals surface area contributed by atoms with Crippen molar-refractivity contribution in [3.8, 4) is 0 Å². The highest BCUT2D eigenvalue weighted by molar-refractivity contribution is 7.17. The van der Waals surface area contributed by atoms with Crippen molar-refractivity contribution in [3.63, 3.8) is 0 Å². The van der Waals surface area contributed by atoms with Crippen molar-refractivity contribution >= 4 is 28.2 Å². The molecule has 19 heavy (non-hydrogen) atoms. The molecule has 0 radical (unpaired) electrons. The first-order valence-corrected chi connectivity index (χ1v) is 6.64. The number of hydrogen-bond acceptors (Lipinski definition) is 7. The number of carbonyl (C=O) groups is 2. The molecule has 0 spiro atoms. The van der Waals surface area contributed by atoms with Gasteiger partial charge in [0.15, 0.2) is 16.6 Å². The van der Waals surface area contributed by atoms with Gasteiger partial charge in [0.05, 0.1) is 13.7 Å². The molecule has 106 valence electrons. The molecule has 0 bridgehead atoms. The van der Waals surface area contributed by atoms with Crippen molar-refractivity contribution in [2.24, 2.45) is 5.92 Å². The maximum absolute atomic E-state index is 11.5. The summed E-state index contributed by atoms with van der Waals surface area (Å²) in [6.45, 7) is 4.70. The number of esters is 1. The molecule has 1 rings (SSSR count). The molecule has 0 aromatic carbocycles. The van der Waals surface area contributed by atoms with E-state index in [1.54, 1.807) is 7.11 Å². The monoisotopic (exact) mass is 286 g/mol. The predicted octanol–water partition coefficient (Wildman–Crippen LogP) is 1.83. The second kappa shape index (κ2) is 7.20. The molecule has 1 aromatic heterocycles. The average molecular weight is 286 g/mol. The Kier molecular flexibility index (Phi) is 5.91. The van der Waals surface area contributed by atoms with E-state index in [-0.39, 0.29) is 11.5 Å². The third-order valence-corrected chi connectivity index (χ3v) is 3.49. The summed E-state index contributed by atoms with van der Waals surface area (Å²) in [5.41, 5.74) is 0.0712. The number of nitrogens with one attached hydrogen (secondary N) is 1.